The number of amides is 1. The second-order valence-electron chi connectivity index (χ2n) is 8.60. The first-order valence-electron chi connectivity index (χ1n) is 9.87. The number of aromatic nitrogens is 3. The average molecular weight is 456 g/mol. The van der Waals surface area contributed by atoms with Crippen molar-refractivity contribution in [3.8, 4) is 11.4 Å². The van der Waals surface area contributed by atoms with Crippen molar-refractivity contribution in [2.45, 2.75) is 39.2 Å². The van der Waals surface area contributed by atoms with Crippen molar-refractivity contribution in [2.75, 3.05) is 5.32 Å². The van der Waals surface area contributed by atoms with E-state index in [1.807, 2.05) is 18.2 Å². The number of nitrogens with zero attached hydrogens (tertiary/aromatic N) is 3. The van der Waals surface area contributed by atoms with Crippen LogP contribution in [-0.4, -0.2) is 20.7 Å². The minimum atomic E-state index is -0.643. The van der Waals surface area contributed by atoms with Gasteiger partial charge in [0.1, 0.15) is 6.04 Å². The van der Waals surface area contributed by atoms with Crippen LogP contribution in [0.4, 0.5) is 5.95 Å². The molecule has 3 aromatic rings. The monoisotopic (exact) mass is 455 g/mol. The maximum absolute atomic E-state index is 12.3. The van der Waals surface area contributed by atoms with Gasteiger partial charge in [-0.1, -0.05) is 80.4 Å². The van der Waals surface area contributed by atoms with Crippen LogP contribution in [0.2, 0.25) is 10.0 Å². The summed E-state index contributed by atoms with van der Waals surface area (Å²) in [5.74, 6) is 0.464. The predicted molar refractivity (Wildman–Crippen MR) is 124 cm³/mol. The second kappa shape index (κ2) is 7.70. The Labute approximate surface area is 191 Å². The van der Waals surface area contributed by atoms with Crippen molar-refractivity contribution in [1.82, 2.24) is 14.8 Å². The smallest absolute Gasteiger partial charge is 0.248 e. The third-order valence-electron chi connectivity index (χ3n) is 5.40. The maximum atomic E-state index is 12.3. The number of hydrogen-bond donors (Lipinski definition) is 2. The number of benzene rings is 2. The molecule has 1 aromatic heterocycles. The van der Waals surface area contributed by atoms with Crippen LogP contribution < -0.4 is 11.1 Å². The first-order valence-corrected chi connectivity index (χ1v) is 10.6. The van der Waals surface area contributed by atoms with Crippen molar-refractivity contribution in [1.29, 1.82) is 0 Å². The minimum absolute atomic E-state index is 0.0484. The van der Waals surface area contributed by atoms with Crippen LogP contribution in [0.25, 0.3) is 11.4 Å². The summed E-state index contributed by atoms with van der Waals surface area (Å²) in [6.45, 7) is 8.28. The zero-order chi connectivity index (χ0) is 22.5. The van der Waals surface area contributed by atoms with Crippen LogP contribution in [0.1, 0.15) is 44.9 Å². The Morgan fingerprint density at radius 1 is 1.13 bits per heavy atom. The number of carbonyl (C=O) groups is 1. The molecule has 0 bridgehead atoms. The molecule has 0 fully saturated rings. The van der Waals surface area contributed by atoms with E-state index in [0.717, 1.165) is 5.56 Å². The van der Waals surface area contributed by atoms with E-state index in [9.17, 15) is 4.79 Å². The Bertz CT molecular complexity index is 1210. The molecule has 2 heterocycles. The molecule has 31 heavy (non-hydrogen) atoms. The fraction of sp³-hybridized carbons (Fsp3) is 0.261. The lowest BCUT2D eigenvalue weighted by molar-refractivity contribution is -0.115. The van der Waals surface area contributed by atoms with Crippen LogP contribution >= 0.6 is 23.2 Å². The number of allylic oxidation sites excluding steroid dienone is 1. The highest BCUT2D eigenvalue weighted by molar-refractivity contribution is 6.42. The summed E-state index contributed by atoms with van der Waals surface area (Å²) in [5.41, 5.74) is 9.45. The molecule has 1 aliphatic heterocycles. The van der Waals surface area contributed by atoms with Crippen molar-refractivity contribution in [2.24, 2.45) is 5.73 Å². The number of carbonyl (C=O) groups excluding carboxylic acids is 1. The largest absolute Gasteiger partial charge is 0.366 e. The van der Waals surface area contributed by atoms with Gasteiger partial charge < -0.3 is 11.1 Å². The van der Waals surface area contributed by atoms with Gasteiger partial charge in [-0.05, 0) is 24.0 Å². The number of nitrogens with two attached hydrogens (primary N) is 1. The fourth-order valence-electron chi connectivity index (χ4n) is 3.73. The van der Waals surface area contributed by atoms with Gasteiger partial charge in [-0.2, -0.15) is 4.98 Å². The van der Waals surface area contributed by atoms with Gasteiger partial charge >= 0.3 is 0 Å². The molecule has 3 N–H and O–H groups in total. The van der Waals surface area contributed by atoms with E-state index < -0.39 is 11.9 Å². The van der Waals surface area contributed by atoms with E-state index in [4.69, 9.17) is 34.0 Å². The molecule has 0 saturated carbocycles. The molecule has 0 radical (unpaired) electrons. The van der Waals surface area contributed by atoms with Gasteiger partial charge in [-0.25, -0.2) is 4.68 Å². The molecule has 0 spiro atoms. The number of halogens is 2. The normalized spacial score (nSPS) is 16.1. The quantitative estimate of drug-likeness (QED) is 0.558. The summed E-state index contributed by atoms with van der Waals surface area (Å²) in [7, 11) is 0. The van der Waals surface area contributed by atoms with Crippen LogP contribution in [0.15, 0.2) is 53.7 Å². The van der Waals surface area contributed by atoms with Gasteiger partial charge in [0, 0.05) is 16.8 Å². The highest BCUT2D eigenvalue weighted by Gasteiger charge is 2.35. The molecule has 1 unspecified atom stereocenters. The third-order valence-corrected chi connectivity index (χ3v) is 6.24. The van der Waals surface area contributed by atoms with Gasteiger partial charge in [-0.3, -0.25) is 4.79 Å². The fourth-order valence-corrected chi connectivity index (χ4v) is 4.14. The number of fused-ring (bicyclic) bond motifs is 1. The van der Waals surface area contributed by atoms with E-state index in [1.165, 1.54) is 5.56 Å². The summed E-state index contributed by atoms with van der Waals surface area (Å²) in [6.07, 6.45) is 0. The molecule has 6 nitrogen and oxygen atoms in total. The molecule has 2 aromatic carbocycles. The number of hydrogen-bond acceptors (Lipinski definition) is 4. The SMILES string of the molecule is CC1=C(C(N)=O)C(c2cccc(Cl)c2Cl)n2nc(-c3ccc(C(C)(C)C)cc3)nc2N1. The van der Waals surface area contributed by atoms with E-state index >= 15 is 0 Å². The number of nitrogens with one attached hydrogen (secondary N) is 1. The van der Waals surface area contributed by atoms with Crippen molar-refractivity contribution in [3.63, 3.8) is 0 Å². The number of rotatable bonds is 3. The standard InChI is InChI=1S/C23H23Cl2N5O/c1-12-17(20(26)31)19(15-6-5-7-16(24)18(15)25)30-22(27-12)28-21(29-30)13-8-10-14(11-9-13)23(2,3)4/h5-11,19H,1-4H3,(H2,26,31)(H,27,28,29). The summed E-state index contributed by atoms with van der Waals surface area (Å²) in [5, 5.41) is 8.59. The summed E-state index contributed by atoms with van der Waals surface area (Å²) in [4.78, 5) is 17.0. The predicted octanol–water partition coefficient (Wildman–Crippen LogP) is 5.32. The molecule has 1 aliphatic rings. The first kappa shape index (κ1) is 21.4. The molecule has 0 saturated heterocycles. The van der Waals surface area contributed by atoms with Gasteiger partial charge in [0.15, 0.2) is 5.82 Å². The van der Waals surface area contributed by atoms with Crippen molar-refractivity contribution < 1.29 is 4.79 Å². The summed E-state index contributed by atoms with van der Waals surface area (Å²) >= 11 is 12.8. The molecule has 8 heteroatoms. The van der Waals surface area contributed by atoms with E-state index in [2.05, 4.69) is 43.2 Å². The Morgan fingerprint density at radius 3 is 2.42 bits per heavy atom. The summed E-state index contributed by atoms with van der Waals surface area (Å²) in [6, 6.07) is 12.8. The summed E-state index contributed by atoms with van der Waals surface area (Å²) < 4.78 is 1.64. The Morgan fingerprint density at radius 2 is 1.81 bits per heavy atom. The molecular formula is C23H23Cl2N5O. The first-order chi connectivity index (χ1) is 14.6. The lowest BCUT2D eigenvalue weighted by Crippen LogP contribution is -2.32. The van der Waals surface area contributed by atoms with Crippen LogP contribution in [-0.2, 0) is 10.2 Å². The Balaban J connectivity index is 1.85. The lowest BCUT2D eigenvalue weighted by atomic mass is 9.87. The van der Waals surface area contributed by atoms with E-state index in [0.29, 0.717) is 38.7 Å². The van der Waals surface area contributed by atoms with Crippen LogP contribution in [0.3, 0.4) is 0 Å². The molecular weight excluding hydrogens is 433 g/mol. The number of primary amides is 1. The van der Waals surface area contributed by atoms with Crippen LogP contribution in [0.5, 0.6) is 0 Å². The topological polar surface area (TPSA) is 85.8 Å². The average Bonchev–Trinajstić information content (AvgIpc) is 3.12. The highest BCUT2D eigenvalue weighted by atomic mass is 35.5. The third kappa shape index (κ3) is 3.82. The van der Waals surface area contributed by atoms with E-state index in [1.54, 1.807) is 23.7 Å². The molecule has 1 atom stereocenters. The Hall–Kier alpha value is -2.83. The van der Waals surface area contributed by atoms with Crippen molar-refractivity contribution in [3.05, 3.63) is 74.9 Å². The van der Waals surface area contributed by atoms with Crippen molar-refractivity contribution >= 4 is 35.1 Å². The lowest BCUT2D eigenvalue weighted by Gasteiger charge is -2.28. The van der Waals surface area contributed by atoms with E-state index in [-0.39, 0.29) is 5.41 Å². The molecule has 4 rings (SSSR count). The number of anilines is 1. The van der Waals surface area contributed by atoms with Gasteiger partial charge in [0.05, 0.1) is 15.6 Å². The zero-order valence-corrected chi connectivity index (χ0v) is 19.2. The van der Waals surface area contributed by atoms with Gasteiger partial charge in [0.25, 0.3) is 0 Å². The Kier molecular flexibility index (Phi) is 5.31. The molecule has 160 valence electrons. The van der Waals surface area contributed by atoms with Crippen LogP contribution in [0, 0.1) is 0 Å². The highest BCUT2D eigenvalue weighted by Crippen LogP contribution is 2.40. The second-order valence-corrected chi connectivity index (χ2v) is 9.39. The minimum Gasteiger partial charge on any atom is -0.366 e. The molecule has 1 amide bonds. The molecule has 0 aliphatic carbocycles. The van der Waals surface area contributed by atoms with Gasteiger partial charge in [0.2, 0.25) is 11.9 Å². The maximum Gasteiger partial charge on any atom is 0.248 e. The zero-order valence-electron chi connectivity index (χ0n) is 17.7. The van der Waals surface area contributed by atoms with Gasteiger partial charge in [-0.15, -0.1) is 5.10 Å².